The van der Waals surface area contributed by atoms with Crippen molar-refractivity contribution in [3.63, 3.8) is 0 Å². The van der Waals surface area contributed by atoms with Crippen molar-refractivity contribution in [1.29, 1.82) is 0 Å². The molecule has 0 aliphatic carbocycles. The Hall–Kier alpha value is -0.960. The molecule has 1 heterocycles. The van der Waals surface area contributed by atoms with Gasteiger partial charge < -0.3 is 5.73 Å². The molecule has 0 bridgehead atoms. The van der Waals surface area contributed by atoms with Gasteiger partial charge >= 0.3 is 0 Å². The van der Waals surface area contributed by atoms with Gasteiger partial charge in [0.05, 0.1) is 16.6 Å². The van der Waals surface area contributed by atoms with Gasteiger partial charge in [0.25, 0.3) is 0 Å². The lowest BCUT2D eigenvalue weighted by Gasteiger charge is -2.16. The number of nitrogens with two attached hydrogens (primary N) is 1. The molecule has 0 aliphatic heterocycles. The van der Waals surface area contributed by atoms with Crippen LogP contribution >= 0.6 is 12.2 Å². The number of hydrogen-bond acceptors (Lipinski definition) is 2. The summed E-state index contributed by atoms with van der Waals surface area (Å²) in [6.07, 6.45) is 2.74. The van der Waals surface area contributed by atoms with Crippen LogP contribution in [0.15, 0.2) is 24.4 Å². The molecule has 1 atom stereocenters. The van der Waals surface area contributed by atoms with E-state index in [2.05, 4.69) is 18.8 Å². The average Bonchev–Trinajstić information content (AvgIpc) is 2.15. The van der Waals surface area contributed by atoms with Crippen molar-refractivity contribution >= 4 is 17.2 Å². The summed E-state index contributed by atoms with van der Waals surface area (Å²) < 4.78 is 0. The molecule has 0 aromatic carbocycles. The normalized spacial score (nSPS) is 12.8. The molecule has 2 nitrogen and oxygen atoms in total. The zero-order chi connectivity index (χ0) is 10.6. The van der Waals surface area contributed by atoms with Gasteiger partial charge in [0, 0.05) is 6.20 Å². The standard InChI is InChI=1S/C11H16N2S/c1-8(2)7-9(11(12)14)10-5-3-4-6-13-10/h3-6,8-9H,7H2,1-2H3,(H2,12,14). The van der Waals surface area contributed by atoms with E-state index in [1.54, 1.807) is 6.20 Å². The van der Waals surface area contributed by atoms with Gasteiger partial charge in [0.15, 0.2) is 0 Å². The third kappa shape index (κ3) is 3.07. The third-order valence-corrected chi connectivity index (χ3v) is 2.38. The Balaban J connectivity index is 2.84. The van der Waals surface area contributed by atoms with E-state index in [0.717, 1.165) is 12.1 Å². The Morgan fingerprint density at radius 1 is 1.50 bits per heavy atom. The first kappa shape index (κ1) is 11.1. The Kier molecular flexibility index (Phi) is 4.01. The maximum Gasteiger partial charge on any atom is 0.0819 e. The first-order valence-corrected chi connectivity index (χ1v) is 5.22. The van der Waals surface area contributed by atoms with E-state index in [0.29, 0.717) is 10.9 Å². The molecular weight excluding hydrogens is 192 g/mol. The summed E-state index contributed by atoms with van der Waals surface area (Å²) in [5, 5.41) is 0. The maximum atomic E-state index is 5.71. The van der Waals surface area contributed by atoms with Crippen LogP contribution in [-0.2, 0) is 0 Å². The zero-order valence-electron chi connectivity index (χ0n) is 8.60. The Bertz CT molecular complexity index is 295. The number of nitrogens with zero attached hydrogens (tertiary/aromatic N) is 1. The van der Waals surface area contributed by atoms with Crippen LogP contribution in [0.1, 0.15) is 31.9 Å². The summed E-state index contributed by atoms with van der Waals surface area (Å²) in [5.41, 5.74) is 6.69. The molecule has 3 heteroatoms. The molecule has 0 saturated heterocycles. The molecule has 1 aromatic heterocycles. The van der Waals surface area contributed by atoms with E-state index in [-0.39, 0.29) is 5.92 Å². The minimum absolute atomic E-state index is 0.117. The average molecular weight is 208 g/mol. The van der Waals surface area contributed by atoms with Gasteiger partial charge in [-0.3, -0.25) is 4.98 Å². The van der Waals surface area contributed by atoms with E-state index < -0.39 is 0 Å². The van der Waals surface area contributed by atoms with E-state index in [4.69, 9.17) is 18.0 Å². The molecule has 1 rings (SSSR count). The molecular formula is C11H16N2S. The first-order chi connectivity index (χ1) is 6.61. The van der Waals surface area contributed by atoms with Gasteiger partial charge in [-0.05, 0) is 24.5 Å². The lowest BCUT2D eigenvalue weighted by atomic mass is 9.94. The van der Waals surface area contributed by atoms with E-state index in [1.165, 1.54) is 0 Å². The van der Waals surface area contributed by atoms with Gasteiger partial charge in [-0.1, -0.05) is 32.1 Å². The lowest BCUT2D eigenvalue weighted by Crippen LogP contribution is -2.21. The van der Waals surface area contributed by atoms with Crippen LogP contribution in [-0.4, -0.2) is 9.97 Å². The van der Waals surface area contributed by atoms with Crippen LogP contribution in [0.5, 0.6) is 0 Å². The second-order valence-corrected chi connectivity index (χ2v) is 4.31. The Morgan fingerprint density at radius 2 is 2.21 bits per heavy atom. The van der Waals surface area contributed by atoms with E-state index in [1.807, 2.05) is 18.2 Å². The van der Waals surface area contributed by atoms with Gasteiger partial charge in [-0.15, -0.1) is 0 Å². The van der Waals surface area contributed by atoms with Crippen molar-refractivity contribution < 1.29 is 0 Å². The zero-order valence-corrected chi connectivity index (χ0v) is 9.42. The van der Waals surface area contributed by atoms with Crippen LogP contribution in [0.2, 0.25) is 0 Å². The predicted octanol–water partition coefficient (Wildman–Crippen LogP) is 2.50. The Labute approximate surface area is 90.5 Å². The highest BCUT2D eigenvalue weighted by Crippen LogP contribution is 2.22. The van der Waals surface area contributed by atoms with Gasteiger partial charge in [-0.2, -0.15) is 0 Å². The summed E-state index contributed by atoms with van der Waals surface area (Å²) in [4.78, 5) is 4.83. The summed E-state index contributed by atoms with van der Waals surface area (Å²) in [7, 11) is 0. The molecule has 0 radical (unpaired) electrons. The fraction of sp³-hybridized carbons (Fsp3) is 0.455. The summed E-state index contributed by atoms with van der Waals surface area (Å²) in [5.74, 6) is 0.690. The smallest absolute Gasteiger partial charge is 0.0819 e. The van der Waals surface area contributed by atoms with Crippen LogP contribution in [0.4, 0.5) is 0 Å². The van der Waals surface area contributed by atoms with Crippen molar-refractivity contribution in [3.05, 3.63) is 30.1 Å². The van der Waals surface area contributed by atoms with Crippen molar-refractivity contribution in [2.75, 3.05) is 0 Å². The van der Waals surface area contributed by atoms with Crippen molar-refractivity contribution in [2.24, 2.45) is 11.7 Å². The Morgan fingerprint density at radius 3 is 2.64 bits per heavy atom. The van der Waals surface area contributed by atoms with Crippen LogP contribution in [0.3, 0.4) is 0 Å². The fourth-order valence-corrected chi connectivity index (χ4v) is 1.65. The largest absolute Gasteiger partial charge is 0.393 e. The van der Waals surface area contributed by atoms with Crippen molar-refractivity contribution in [3.8, 4) is 0 Å². The second kappa shape index (κ2) is 5.05. The predicted molar refractivity (Wildman–Crippen MR) is 63.2 cm³/mol. The summed E-state index contributed by atoms with van der Waals surface area (Å²) in [6, 6.07) is 5.84. The highest BCUT2D eigenvalue weighted by molar-refractivity contribution is 7.80. The van der Waals surface area contributed by atoms with Gasteiger partial charge in [0.2, 0.25) is 0 Å². The quantitative estimate of drug-likeness (QED) is 0.773. The molecule has 1 unspecified atom stereocenters. The second-order valence-electron chi connectivity index (χ2n) is 3.84. The number of pyridine rings is 1. The monoisotopic (exact) mass is 208 g/mol. The minimum Gasteiger partial charge on any atom is -0.393 e. The molecule has 0 aliphatic rings. The fourth-order valence-electron chi connectivity index (χ4n) is 1.44. The molecule has 76 valence electrons. The van der Waals surface area contributed by atoms with Gasteiger partial charge in [0.1, 0.15) is 0 Å². The molecule has 0 amide bonds. The number of hydrogen-bond donors (Lipinski definition) is 1. The SMILES string of the molecule is CC(C)CC(C(N)=S)c1ccccn1. The van der Waals surface area contributed by atoms with Crippen molar-refractivity contribution in [1.82, 2.24) is 4.98 Å². The molecule has 1 aromatic rings. The summed E-state index contributed by atoms with van der Waals surface area (Å²) >= 11 is 5.06. The van der Waals surface area contributed by atoms with E-state index in [9.17, 15) is 0 Å². The highest BCUT2D eigenvalue weighted by Gasteiger charge is 2.16. The minimum atomic E-state index is 0.117. The van der Waals surface area contributed by atoms with Crippen molar-refractivity contribution in [2.45, 2.75) is 26.2 Å². The molecule has 0 spiro atoms. The van der Waals surface area contributed by atoms with Gasteiger partial charge in [-0.25, -0.2) is 0 Å². The topological polar surface area (TPSA) is 38.9 Å². The molecule has 0 saturated carbocycles. The third-order valence-electron chi connectivity index (χ3n) is 2.10. The number of thiocarbonyl (C=S) groups is 1. The van der Waals surface area contributed by atoms with Crippen LogP contribution in [0.25, 0.3) is 0 Å². The van der Waals surface area contributed by atoms with Crippen LogP contribution < -0.4 is 5.73 Å². The molecule has 14 heavy (non-hydrogen) atoms. The number of aromatic nitrogens is 1. The molecule has 0 fully saturated rings. The lowest BCUT2D eigenvalue weighted by molar-refractivity contribution is 0.558. The van der Waals surface area contributed by atoms with Crippen LogP contribution in [0, 0.1) is 5.92 Å². The highest BCUT2D eigenvalue weighted by atomic mass is 32.1. The molecule has 2 N–H and O–H groups in total. The first-order valence-electron chi connectivity index (χ1n) is 4.81. The van der Waals surface area contributed by atoms with E-state index >= 15 is 0 Å². The summed E-state index contributed by atoms with van der Waals surface area (Å²) in [6.45, 7) is 4.32. The maximum absolute atomic E-state index is 5.71. The number of rotatable bonds is 4.